The number of carbonyl (C=O) groups is 1. The summed E-state index contributed by atoms with van der Waals surface area (Å²) in [4.78, 5) is 13.6. The summed E-state index contributed by atoms with van der Waals surface area (Å²) in [7, 11) is 1.62. The maximum Gasteiger partial charge on any atom is 0.321 e. The second kappa shape index (κ2) is 6.92. The van der Waals surface area contributed by atoms with Crippen molar-refractivity contribution in [3.8, 4) is 6.07 Å². The molecule has 112 valence electrons. The highest BCUT2D eigenvalue weighted by atomic mass is 35.5. The van der Waals surface area contributed by atoms with Crippen molar-refractivity contribution in [3.63, 3.8) is 0 Å². The molecule has 0 unspecified atom stereocenters. The van der Waals surface area contributed by atoms with E-state index < -0.39 is 11.8 Å². The first kappa shape index (κ1) is 15.8. The molecule has 0 aliphatic carbocycles. The minimum absolute atomic E-state index is 0.0736. The van der Waals surface area contributed by atoms with Crippen molar-refractivity contribution in [2.24, 2.45) is 0 Å². The first-order chi connectivity index (χ1) is 10.5. The van der Waals surface area contributed by atoms with Crippen LogP contribution in [0.4, 0.5) is 14.9 Å². The third-order valence-corrected chi connectivity index (χ3v) is 3.23. The van der Waals surface area contributed by atoms with Crippen LogP contribution in [0.1, 0.15) is 11.1 Å². The maximum atomic E-state index is 13.1. The lowest BCUT2D eigenvalue weighted by molar-refractivity contribution is 0.220. The number of carbonyl (C=O) groups excluding carboxylic acids is 1. The van der Waals surface area contributed by atoms with Gasteiger partial charge in [-0.05, 0) is 35.9 Å². The monoisotopic (exact) mass is 317 g/mol. The lowest BCUT2D eigenvalue weighted by atomic mass is 10.2. The van der Waals surface area contributed by atoms with Crippen LogP contribution in [-0.2, 0) is 6.54 Å². The standard InChI is InChI=1S/C16H13ClFN3O/c1-21(10-11-3-2-4-13(17)7-11)16(22)20-15-6-5-14(18)8-12(15)9-19/h2-8H,10H2,1H3,(H,20,22). The number of hydrogen-bond acceptors (Lipinski definition) is 2. The lowest BCUT2D eigenvalue weighted by Gasteiger charge is -2.18. The van der Waals surface area contributed by atoms with Gasteiger partial charge in [-0.1, -0.05) is 23.7 Å². The predicted octanol–water partition coefficient (Wildman–Crippen LogP) is 4.01. The average molecular weight is 318 g/mol. The fraction of sp³-hybridized carbons (Fsp3) is 0.125. The summed E-state index contributed by atoms with van der Waals surface area (Å²) in [5.74, 6) is -0.526. The van der Waals surface area contributed by atoms with Gasteiger partial charge < -0.3 is 10.2 Å². The van der Waals surface area contributed by atoms with Gasteiger partial charge in [0.2, 0.25) is 0 Å². The Labute approximate surface area is 132 Å². The zero-order chi connectivity index (χ0) is 16.1. The van der Waals surface area contributed by atoms with Gasteiger partial charge in [0, 0.05) is 18.6 Å². The van der Waals surface area contributed by atoms with E-state index in [1.807, 2.05) is 12.1 Å². The molecule has 0 atom stereocenters. The Morgan fingerprint density at radius 3 is 2.82 bits per heavy atom. The van der Waals surface area contributed by atoms with Crippen molar-refractivity contribution in [2.45, 2.75) is 6.54 Å². The smallest absolute Gasteiger partial charge is 0.321 e. The number of nitriles is 1. The minimum atomic E-state index is -0.526. The van der Waals surface area contributed by atoms with E-state index in [1.165, 1.54) is 17.0 Å². The van der Waals surface area contributed by atoms with E-state index >= 15 is 0 Å². The average Bonchev–Trinajstić information content (AvgIpc) is 2.48. The second-order valence-corrected chi connectivity index (χ2v) is 5.15. The fourth-order valence-corrected chi connectivity index (χ4v) is 2.12. The molecule has 2 amide bonds. The van der Waals surface area contributed by atoms with Crippen molar-refractivity contribution in [3.05, 3.63) is 64.4 Å². The molecule has 0 fully saturated rings. The summed E-state index contributed by atoms with van der Waals surface area (Å²) < 4.78 is 13.1. The molecule has 2 aromatic rings. The Morgan fingerprint density at radius 1 is 1.36 bits per heavy atom. The molecule has 0 aliphatic rings. The molecule has 0 bridgehead atoms. The molecular formula is C16H13ClFN3O. The number of amides is 2. The summed E-state index contributed by atoms with van der Waals surface area (Å²) in [6.07, 6.45) is 0. The quantitative estimate of drug-likeness (QED) is 0.929. The van der Waals surface area contributed by atoms with Crippen LogP contribution >= 0.6 is 11.6 Å². The molecule has 2 aromatic carbocycles. The van der Waals surface area contributed by atoms with E-state index in [-0.39, 0.29) is 11.3 Å². The Kier molecular flexibility index (Phi) is 4.97. The first-order valence-electron chi connectivity index (χ1n) is 6.46. The number of rotatable bonds is 3. The third kappa shape index (κ3) is 3.96. The van der Waals surface area contributed by atoms with E-state index in [0.29, 0.717) is 11.6 Å². The predicted molar refractivity (Wildman–Crippen MR) is 83.1 cm³/mol. The summed E-state index contributed by atoms with van der Waals surface area (Å²) in [5, 5.41) is 12.1. The molecule has 4 nitrogen and oxygen atoms in total. The zero-order valence-corrected chi connectivity index (χ0v) is 12.6. The molecule has 0 radical (unpaired) electrons. The molecule has 0 heterocycles. The van der Waals surface area contributed by atoms with Crippen LogP contribution < -0.4 is 5.32 Å². The Morgan fingerprint density at radius 2 is 2.14 bits per heavy atom. The van der Waals surface area contributed by atoms with Crippen molar-refractivity contribution < 1.29 is 9.18 Å². The van der Waals surface area contributed by atoms with Gasteiger partial charge in [-0.2, -0.15) is 5.26 Å². The number of benzene rings is 2. The molecule has 0 spiro atoms. The van der Waals surface area contributed by atoms with E-state index in [4.69, 9.17) is 16.9 Å². The maximum absolute atomic E-state index is 13.1. The molecule has 0 saturated carbocycles. The van der Waals surface area contributed by atoms with E-state index in [1.54, 1.807) is 25.2 Å². The van der Waals surface area contributed by atoms with Gasteiger partial charge in [0.05, 0.1) is 11.3 Å². The van der Waals surface area contributed by atoms with E-state index in [0.717, 1.165) is 11.6 Å². The topological polar surface area (TPSA) is 56.1 Å². The number of nitrogens with one attached hydrogen (secondary N) is 1. The van der Waals surface area contributed by atoms with Crippen LogP contribution in [0.15, 0.2) is 42.5 Å². The van der Waals surface area contributed by atoms with Gasteiger partial charge in [-0.15, -0.1) is 0 Å². The molecule has 2 rings (SSSR count). The summed E-state index contributed by atoms with van der Waals surface area (Å²) in [6, 6.07) is 12.3. The van der Waals surface area contributed by atoms with Crippen LogP contribution in [0.5, 0.6) is 0 Å². The highest BCUT2D eigenvalue weighted by Crippen LogP contribution is 2.17. The number of urea groups is 1. The second-order valence-electron chi connectivity index (χ2n) is 4.72. The number of halogens is 2. The Balaban J connectivity index is 2.07. The molecule has 1 N–H and O–H groups in total. The van der Waals surface area contributed by atoms with Crippen LogP contribution in [0.3, 0.4) is 0 Å². The molecule has 0 aromatic heterocycles. The normalized spacial score (nSPS) is 9.91. The van der Waals surface area contributed by atoms with Crippen molar-refractivity contribution >= 4 is 23.3 Å². The minimum Gasteiger partial charge on any atom is -0.323 e. The van der Waals surface area contributed by atoms with Crippen LogP contribution in [0.2, 0.25) is 5.02 Å². The third-order valence-electron chi connectivity index (χ3n) is 3.00. The summed E-state index contributed by atoms with van der Waals surface area (Å²) >= 11 is 5.90. The molecule has 22 heavy (non-hydrogen) atoms. The van der Waals surface area contributed by atoms with Crippen molar-refractivity contribution in [1.29, 1.82) is 5.26 Å². The Bertz CT molecular complexity index is 742. The molecule has 6 heteroatoms. The number of nitrogens with zero attached hydrogens (tertiary/aromatic N) is 2. The van der Waals surface area contributed by atoms with Crippen LogP contribution in [-0.4, -0.2) is 18.0 Å². The van der Waals surface area contributed by atoms with Crippen molar-refractivity contribution in [1.82, 2.24) is 4.90 Å². The van der Waals surface area contributed by atoms with Gasteiger partial charge in [0.1, 0.15) is 11.9 Å². The molecular weight excluding hydrogens is 305 g/mol. The highest BCUT2D eigenvalue weighted by molar-refractivity contribution is 6.30. The Hall–Kier alpha value is -2.58. The summed E-state index contributed by atoms with van der Waals surface area (Å²) in [6.45, 7) is 0.357. The van der Waals surface area contributed by atoms with Gasteiger partial charge in [0.15, 0.2) is 0 Å². The SMILES string of the molecule is CN(Cc1cccc(Cl)c1)C(=O)Nc1ccc(F)cc1C#N. The number of hydrogen-bond donors (Lipinski definition) is 1. The summed E-state index contributed by atoms with van der Waals surface area (Å²) in [5.41, 5.74) is 1.22. The van der Waals surface area contributed by atoms with E-state index in [9.17, 15) is 9.18 Å². The fourth-order valence-electron chi connectivity index (χ4n) is 1.91. The lowest BCUT2D eigenvalue weighted by Crippen LogP contribution is -2.31. The van der Waals surface area contributed by atoms with Gasteiger partial charge in [-0.3, -0.25) is 0 Å². The van der Waals surface area contributed by atoms with Crippen LogP contribution in [0, 0.1) is 17.1 Å². The van der Waals surface area contributed by atoms with E-state index in [2.05, 4.69) is 5.32 Å². The van der Waals surface area contributed by atoms with Gasteiger partial charge >= 0.3 is 6.03 Å². The van der Waals surface area contributed by atoms with Crippen LogP contribution in [0.25, 0.3) is 0 Å². The molecule has 0 aliphatic heterocycles. The zero-order valence-electron chi connectivity index (χ0n) is 11.8. The van der Waals surface area contributed by atoms with Gasteiger partial charge in [-0.25, -0.2) is 9.18 Å². The molecule has 0 saturated heterocycles. The van der Waals surface area contributed by atoms with Crippen molar-refractivity contribution in [2.75, 3.05) is 12.4 Å². The van der Waals surface area contributed by atoms with Gasteiger partial charge in [0.25, 0.3) is 0 Å². The number of anilines is 1. The highest BCUT2D eigenvalue weighted by Gasteiger charge is 2.12. The largest absolute Gasteiger partial charge is 0.323 e. The first-order valence-corrected chi connectivity index (χ1v) is 6.83.